The van der Waals surface area contributed by atoms with Gasteiger partial charge in [-0.05, 0) is 59.2 Å². The van der Waals surface area contributed by atoms with Crippen molar-refractivity contribution in [3.63, 3.8) is 0 Å². The monoisotopic (exact) mass is 457 g/mol. The van der Waals surface area contributed by atoms with Gasteiger partial charge in [0.1, 0.15) is 12.4 Å². The zero-order chi connectivity index (χ0) is 24.1. The average Bonchev–Trinajstić information content (AvgIpc) is 2.84. The Bertz CT molecular complexity index is 1500. The second kappa shape index (κ2) is 10.1. The molecule has 0 aliphatic carbocycles. The van der Waals surface area contributed by atoms with Gasteiger partial charge in [0.25, 0.3) is 5.56 Å². The van der Waals surface area contributed by atoms with Crippen molar-refractivity contribution in [1.82, 2.24) is 9.55 Å². The number of ether oxygens (including phenoxy) is 3. The van der Waals surface area contributed by atoms with Crippen LogP contribution >= 0.6 is 0 Å². The second-order valence-electron chi connectivity index (χ2n) is 7.66. The van der Waals surface area contributed by atoms with Crippen LogP contribution in [0.5, 0.6) is 17.2 Å². The number of H-pyrrole nitrogens is 1. The maximum Gasteiger partial charge on any atom is 0.328 e. The summed E-state index contributed by atoms with van der Waals surface area (Å²) in [6.45, 7) is 2.80. The van der Waals surface area contributed by atoms with E-state index < -0.39 is 11.2 Å². The highest BCUT2D eigenvalue weighted by Gasteiger charge is 2.14. The summed E-state index contributed by atoms with van der Waals surface area (Å²) in [5.41, 5.74) is 1.47. The Morgan fingerprint density at radius 3 is 2.53 bits per heavy atom. The largest absolute Gasteiger partial charge is 0.488 e. The molecule has 0 atom stereocenters. The SMILES string of the molecule is COCc1cc(Oc2ccccc2OCCn2ccc(=O)[nH]c2=O)c(C)c2cc(C#N)ccc12. The highest BCUT2D eigenvalue weighted by atomic mass is 16.5. The van der Waals surface area contributed by atoms with Gasteiger partial charge in [-0.25, -0.2) is 4.79 Å². The van der Waals surface area contributed by atoms with Crippen molar-refractivity contribution in [2.75, 3.05) is 13.7 Å². The Kier molecular flexibility index (Phi) is 6.76. The number of methoxy groups -OCH3 is 1. The number of aryl methyl sites for hydroxylation is 1. The number of benzene rings is 3. The molecule has 0 saturated heterocycles. The second-order valence-corrected chi connectivity index (χ2v) is 7.66. The third-order valence-corrected chi connectivity index (χ3v) is 5.43. The number of para-hydroxylation sites is 2. The first-order valence-electron chi connectivity index (χ1n) is 10.6. The molecule has 0 aliphatic heterocycles. The Morgan fingerprint density at radius 1 is 1.00 bits per heavy atom. The van der Waals surface area contributed by atoms with E-state index in [1.807, 2.05) is 37.3 Å². The standard InChI is InChI=1S/C26H23N3O5/c1-17-21-13-18(15-27)7-8-20(21)19(16-32-2)14-24(17)34-23-6-4-3-5-22(23)33-12-11-29-10-9-25(30)28-26(29)31/h3-10,13-14H,11-12,16H2,1-2H3,(H,28,30,31). The molecule has 4 rings (SSSR count). The van der Waals surface area contributed by atoms with Crippen molar-refractivity contribution in [1.29, 1.82) is 5.26 Å². The summed E-state index contributed by atoms with van der Waals surface area (Å²) in [5, 5.41) is 11.3. The van der Waals surface area contributed by atoms with Gasteiger partial charge in [0, 0.05) is 19.4 Å². The van der Waals surface area contributed by atoms with E-state index in [0.717, 1.165) is 21.9 Å². The summed E-state index contributed by atoms with van der Waals surface area (Å²) < 4.78 is 18.9. The van der Waals surface area contributed by atoms with E-state index in [-0.39, 0.29) is 13.2 Å². The molecule has 0 spiro atoms. The average molecular weight is 457 g/mol. The van der Waals surface area contributed by atoms with Crippen LogP contribution in [0.3, 0.4) is 0 Å². The van der Waals surface area contributed by atoms with Crippen LogP contribution in [-0.4, -0.2) is 23.3 Å². The van der Waals surface area contributed by atoms with Crippen molar-refractivity contribution in [3.05, 3.63) is 98.3 Å². The van der Waals surface area contributed by atoms with Gasteiger partial charge >= 0.3 is 5.69 Å². The van der Waals surface area contributed by atoms with E-state index in [2.05, 4.69) is 11.1 Å². The first-order chi connectivity index (χ1) is 16.5. The fourth-order valence-corrected chi connectivity index (χ4v) is 3.71. The summed E-state index contributed by atoms with van der Waals surface area (Å²) in [6.07, 6.45) is 1.43. The highest BCUT2D eigenvalue weighted by molar-refractivity contribution is 5.91. The van der Waals surface area contributed by atoms with Gasteiger partial charge in [-0.15, -0.1) is 0 Å². The lowest BCUT2D eigenvalue weighted by atomic mass is 9.97. The fourth-order valence-electron chi connectivity index (χ4n) is 3.71. The van der Waals surface area contributed by atoms with Crippen LogP contribution in [0.4, 0.5) is 0 Å². The van der Waals surface area contributed by atoms with Crippen LogP contribution in [-0.2, 0) is 17.9 Å². The Labute approximate surface area is 195 Å². The molecular weight excluding hydrogens is 434 g/mol. The first-order valence-corrected chi connectivity index (χ1v) is 10.6. The number of hydrogen-bond acceptors (Lipinski definition) is 6. The van der Waals surface area contributed by atoms with Crippen molar-refractivity contribution in [3.8, 4) is 23.3 Å². The molecule has 0 saturated carbocycles. The molecule has 0 aliphatic rings. The number of rotatable bonds is 8. The smallest absolute Gasteiger partial charge is 0.328 e. The molecule has 172 valence electrons. The van der Waals surface area contributed by atoms with E-state index in [1.165, 1.54) is 16.8 Å². The minimum Gasteiger partial charge on any atom is -0.488 e. The van der Waals surface area contributed by atoms with E-state index in [0.29, 0.717) is 29.4 Å². The molecule has 0 radical (unpaired) electrons. The quantitative estimate of drug-likeness (QED) is 0.430. The normalized spacial score (nSPS) is 10.7. The predicted octanol–water partition coefficient (Wildman–Crippen LogP) is 3.89. The molecule has 0 fully saturated rings. The van der Waals surface area contributed by atoms with Crippen LogP contribution < -0.4 is 20.7 Å². The number of aromatic amines is 1. The lowest BCUT2D eigenvalue weighted by Crippen LogP contribution is -2.30. The Balaban J connectivity index is 1.62. The van der Waals surface area contributed by atoms with Crippen LogP contribution in [0.15, 0.2) is 70.4 Å². The highest BCUT2D eigenvalue weighted by Crippen LogP contribution is 2.37. The lowest BCUT2D eigenvalue weighted by molar-refractivity contribution is 0.185. The van der Waals surface area contributed by atoms with Gasteiger partial charge in [-0.3, -0.25) is 14.3 Å². The molecule has 0 unspecified atom stereocenters. The van der Waals surface area contributed by atoms with Gasteiger partial charge in [0.2, 0.25) is 0 Å². The molecule has 1 N–H and O–H groups in total. The third kappa shape index (κ3) is 4.85. The summed E-state index contributed by atoms with van der Waals surface area (Å²) >= 11 is 0. The molecule has 34 heavy (non-hydrogen) atoms. The number of nitrogens with one attached hydrogen (secondary N) is 1. The molecule has 0 bridgehead atoms. The van der Waals surface area contributed by atoms with E-state index in [1.54, 1.807) is 25.3 Å². The third-order valence-electron chi connectivity index (χ3n) is 5.43. The number of nitrogens with zero attached hydrogens (tertiary/aromatic N) is 2. The van der Waals surface area contributed by atoms with Crippen LogP contribution in [0, 0.1) is 18.3 Å². The number of nitriles is 1. The summed E-state index contributed by atoms with van der Waals surface area (Å²) in [4.78, 5) is 25.3. The first kappa shape index (κ1) is 22.8. The van der Waals surface area contributed by atoms with E-state index in [9.17, 15) is 14.9 Å². The van der Waals surface area contributed by atoms with Gasteiger partial charge in [-0.2, -0.15) is 5.26 Å². The number of fused-ring (bicyclic) bond motifs is 1. The van der Waals surface area contributed by atoms with Gasteiger partial charge in [-0.1, -0.05) is 18.2 Å². The lowest BCUT2D eigenvalue weighted by Gasteiger charge is -2.17. The predicted molar refractivity (Wildman–Crippen MR) is 127 cm³/mol. The summed E-state index contributed by atoms with van der Waals surface area (Å²) in [6, 6.07) is 18.2. The zero-order valence-corrected chi connectivity index (χ0v) is 18.8. The summed E-state index contributed by atoms with van der Waals surface area (Å²) in [5.74, 6) is 1.65. The zero-order valence-electron chi connectivity index (χ0n) is 18.8. The molecule has 1 aromatic heterocycles. The molecule has 8 nitrogen and oxygen atoms in total. The van der Waals surface area contributed by atoms with Crippen molar-refractivity contribution < 1.29 is 14.2 Å². The maximum absolute atomic E-state index is 11.9. The van der Waals surface area contributed by atoms with Gasteiger partial charge < -0.3 is 14.2 Å². The van der Waals surface area contributed by atoms with Crippen molar-refractivity contribution in [2.24, 2.45) is 0 Å². The van der Waals surface area contributed by atoms with Crippen molar-refractivity contribution in [2.45, 2.75) is 20.1 Å². The van der Waals surface area contributed by atoms with E-state index >= 15 is 0 Å². The molecule has 8 heteroatoms. The summed E-state index contributed by atoms with van der Waals surface area (Å²) in [7, 11) is 1.63. The number of hydrogen-bond donors (Lipinski definition) is 1. The van der Waals surface area contributed by atoms with Crippen LogP contribution in [0.25, 0.3) is 10.8 Å². The van der Waals surface area contributed by atoms with Crippen molar-refractivity contribution >= 4 is 10.8 Å². The molecule has 3 aromatic carbocycles. The minimum absolute atomic E-state index is 0.198. The Morgan fingerprint density at radius 2 is 1.79 bits per heavy atom. The van der Waals surface area contributed by atoms with Gasteiger partial charge in [0.05, 0.1) is 24.8 Å². The fraction of sp³-hybridized carbons (Fsp3) is 0.192. The maximum atomic E-state index is 11.9. The molecule has 4 aromatic rings. The van der Waals surface area contributed by atoms with E-state index in [4.69, 9.17) is 14.2 Å². The molecular formula is C26H23N3O5. The Hall–Kier alpha value is -4.35. The molecule has 0 amide bonds. The van der Waals surface area contributed by atoms with Gasteiger partial charge in [0.15, 0.2) is 11.5 Å². The van der Waals surface area contributed by atoms with Crippen LogP contribution in [0.1, 0.15) is 16.7 Å². The van der Waals surface area contributed by atoms with Crippen LogP contribution in [0.2, 0.25) is 0 Å². The minimum atomic E-state index is -0.491. The topological polar surface area (TPSA) is 106 Å². The molecule has 1 heterocycles. The number of aromatic nitrogens is 2.